The first-order valence-corrected chi connectivity index (χ1v) is 7.14. The Kier molecular flexibility index (Phi) is 8.44. The Morgan fingerprint density at radius 3 is 2.86 bits per heavy atom. The SMILES string of the molecule is CCOc1cccc(CCN=C(N)N2CCOCC2)c1.I. The molecule has 0 aliphatic carbocycles. The third-order valence-corrected chi connectivity index (χ3v) is 3.22. The van der Waals surface area contributed by atoms with Crippen molar-refractivity contribution in [1.82, 2.24) is 4.90 Å². The summed E-state index contributed by atoms with van der Waals surface area (Å²) in [6.07, 6.45) is 0.867. The van der Waals surface area contributed by atoms with E-state index in [1.807, 2.05) is 19.1 Å². The Hall–Kier alpha value is -1.02. The van der Waals surface area contributed by atoms with Crippen LogP contribution in [-0.4, -0.2) is 50.3 Å². The number of aliphatic imine (C=N–C) groups is 1. The first-order chi connectivity index (χ1) is 9.79. The second-order valence-electron chi connectivity index (χ2n) is 4.67. The summed E-state index contributed by atoms with van der Waals surface area (Å²) in [6, 6.07) is 8.13. The van der Waals surface area contributed by atoms with Crippen molar-refractivity contribution in [2.24, 2.45) is 10.7 Å². The van der Waals surface area contributed by atoms with Crippen LogP contribution in [0.25, 0.3) is 0 Å². The molecule has 0 saturated carbocycles. The molecule has 1 aliphatic heterocycles. The lowest BCUT2D eigenvalue weighted by Crippen LogP contribution is -2.44. The van der Waals surface area contributed by atoms with Crippen LogP contribution in [0.1, 0.15) is 12.5 Å². The van der Waals surface area contributed by atoms with E-state index in [4.69, 9.17) is 15.2 Å². The molecule has 0 radical (unpaired) electrons. The first kappa shape index (κ1) is 18.0. The van der Waals surface area contributed by atoms with E-state index in [0.717, 1.165) is 38.5 Å². The van der Waals surface area contributed by atoms with Crippen molar-refractivity contribution in [1.29, 1.82) is 0 Å². The zero-order chi connectivity index (χ0) is 14.2. The van der Waals surface area contributed by atoms with Gasteiger partial charge in [-0.25, -0.2) is 0 Å². The number of nitrogens with two attached hydrogens (primary N) is 1. The molecule has 1 aromatic carbocycles. The van der Waals surface area contributed by atoms with Crippen LogP contribution in [0.5, 0.6) is 5.75 Å². The van der Waals surface area contributed by atoms with Crippen LogP contribution >= 0.6 is 24.0 Å². The highest BCUT2D eigenvalue weighted by molar-refractivity contribution is 14.0. The lowest BCUT2D eigenvalue weighted by molar-refractivity contribution is 0.0674. The molecule has 2 N–H and O–H groups in total. The van der Waals surface area contributed by atoms with Crippen molar-refractivity contribution in [3.05, 3.63) is 29.8 Å². The van der Waals surface area contributed by atoms with Crippen LogP contribution in [0, 0.1) is 0 Å². The van der Waals surface area contributed by atoms with Gasteiger partial charge in [-0.05, 0) is 31.0 Å². The first-order valence-electron chi connectivity index (χ1n) is 7.14. The lowest BCUT2D eigenvalue weighted by atomic mass is 10.1. The molecule has 0 bridgehead atoms. The van der Waals surface area contributed by atoms with Gasteiger partial charge in [-0.15, -0.1) is 24.0 Å². The fraction of sp³-hybridized carbons (Fsp3) is 0.533. The molecule has 6 heteroatoms. The zero-order valence-electron chi connectivity index (χ0n) is 12.5. The van der Waals surface area contributed by atoms with Crippen molar-refractivity contribution in [3.8, 4) is 5.75 Å². The quantitative estimate of drug-likeness (QED) is 0.462. The molecule has 1 fully saturated rings. The number of benzene rings is 1. The number of hydrogen-bond acceptors (Lipinski definition) is 3. The highest BCUT2D eigenvalue weighted by Gasteiger charge is 2.11. The fourth-order valence-corrected chi connectivity index (χ4v) is 2.15. The van der Waals surface area contributed by atoms with Gasteiger partial charge in [0.1, 0.15) is 5.75 Å². The van der Waals surface area contributed by atoms with E-state index >= 15 is 0 Å². The second-order valence-corrected chi connectivity index (χ2v) is 4.67. The molecule has 5 nitrogen and oxygen atoms in total. The molecule has 1 saturated heterocycles. The maximum Gasteiger partial charge on any atom is 0.191 e. The van der Waals surface area contributed by atoms with Crippen molar-refractivity contribution >= 4 is 29.9 Å². The molecule has 0 spiro atoms. The van der Waals surface area contributed by atoms with Crippen LogP contribution in [0.15, 0.2) is 29.3 Å². The Labute approximate surface area is 143 Å². The molecule has 1 heterocycles. The van der Waals surface area contributed by atoms with Crippen molar-refractivity contribution < 1.29 is 9.47 Å². The minimum Gasteiger partial charge on any atom is -0.494 e. The van der Waals surface area contributed by atoms with Crippen LogP contribution in [-0.2, 0) is 11.2 Å². The normalized spacial score (nSPS) is 15.5. The molecule has 2 rings (SSSR count). The van der Waals surface area contributed by atoms with Crippen molar-refractivity contribution in [2.75, 3.05) is 39.5 Å². The second kappa shape index (κ2) is 9.83. The van der Waals surface area contributed by atoms with E-state index < -0.39 is 0 Å². The number of guanidine groups is 1. The molecular weight excluding hydrogens is 381 g/mol. The summed E-state index contributed by atoms with van der Waals surface area (Å²) >= 11 is 0. The summed E-state index contributed by atoms with van der Waals surface area (Å²) in [5.74, 6) is 1.53. The van der Waals surface area contributed by atoms with Crippen LogP contribution < -0.4 is 10.5 Å². The van der Waals surface area contributed by atoms with Crippen molar-refractivity contribution in [3.63, 3.8) is 0 Å². The molecule has 118 valence electrons. The lowest BCUT2D eigenvalue weighted by Gasteiger charge is -2.27. The summed E-state index contributed by atoms with van der Waals surface area (Å²) in [6.45, 7) is 6.48. The summed E-state index contributed by atoms with van der Waals surface area (Å²) < 4.78 is 10.8. The molecule has 0 amide bonds. The van der Waals surface area contributed by atoms with Gasteiger partial charge >= 0.3 is 0 Å². The molecule has 0 aromatic heterocycles. The van der Waals surface area contributed by atoms with Gasteiger partial charge in [-0.1, -0.05) is 12.1 Å². The Balaban J connectivity index is 0.00000220. The summed E-state index contributed by atoms with van der Waals surface area (Å²) in [5.41, 5.74) is 7.20. The highest BCUT2D eigenvalue weighted by Crippen LogP contribution is 2.13. The number of morpholine rings is 1. The summed E-state index contributed by atoms with van der Waals surface area (Å²) in [4.78, 5) is 6.51. The van der Waals surface area contributed by atoms with E-state index in [-0.39, 0.29) is 24.0 Å². The van der Waals surface area contributed by atoms with E-state index in [2.05, 4.69) is 22.0 Å². The van der Waals surface area contributed by atoms with E-state index in [1.54, 1.807) is 0 Å². The standard InChI is InChI=1S/C15H23N3O2.HI/c1-2-20-14-5-3-4-13(12-14)6-7-17-15(16)18-8-10-19-11-9-18;/h3-5,12H,2,6-11H2,1H3,(H2,16,17);1H. The molecule has 1 aliphatic rings. The Morgan fingerprint density at radius 2 is 2.14 bits per heavy atom. The van der Waals surface area contributed by atoms with Gasteiger partial charge in [0, 0.05) is 19.6 Å². The van der Waals surface area contributed by atoms with Crippen LogP contribution in [0.4, 0.5) is 0 Å². The largest absolute Gasteiger partial charge is 0.494 e. The van der Waals surface area contributed by atoms with Gasteiger partial charge < -0.3 is 20.1 Å². The number of nitrogens with zero attached hydrogens (tertiary/aromatic N) is 2. The van der Waals surface area contributed by atoms with Gasteiger partial charge in [0.2, 0.25) is 0 Å². The van der Waals surface area contributed by atoms with Gasteiger partial charge in [0.15, 0.2) is 5.96 Å². The van der Waals surface area contributed by atoms with Crippen LogP contribution in [0.2, 0.25) is 0 Å². The maximum absolute atomic E-state index is 5.99. The Bertz CT molecular complexity index is 448. The number of ether oxygens (including phenoxy) is 2. The maximum atomic E-state index is 5.99. The predicted molar refractivity (Wildman–Crippen MR) is 95.6 cm³/mol. The molecule has 1 aromatic rings. The van der Waals surface area contributed by atoms with E-state index in [0.29, 0.717) is 19.1 Å². The molecule has 0 unspecified atom stereocenters. The minimum atomic E-state index is 0. The van der Waals surface area contributed by atoms with Gasteiger partial charge in [-0.3, -0.25) is 4.99 Å². The number of hydrogen-bond donors (Lipinski definition) is 1. The monoisotopic (exact) mass is 405 g/mol. The smallest absolute Gasteiger partial charge is 0.191 e. The molecule has 21 heavy (non-hydrogen) atoms. The minimum absolute atomic E-state index is 0. The average molecular weight is 405 g/mol. The van der Waals surface area contributed by atoms with Gasteiger partial charge in [-0.2, -0.15) is 0 Å². The summed E-state index contributed by atoms with van der Waals surface area (Å²) in [7, 11) is 0. The summed E-state index contributed by atoms with van der Waals surface area (Å²) in [5, 5.41) is 0. The van der Waals surface area contributed by atoms with E-state index in [9.17, 15) is 0 Å². The van der Waals surface area contributed by atoms with Gasteiger partial charge in [0.05, 0.1) is 19.8 Å². The third kappa shape index (κ3) is 6.09. The van der Waals surface area contributed by atoms with Crippen molar-refractivity contribution in [2.45, 2.75) is 13.3 Å². The third-order valence-electron chi connectivity index (χ3n) is 3.22. The average Bonchev–Trinajstić information content (AvgIpc) is 2.49. The number of halogens is 1. The van der Waals surface area contributed by atoms with Gasteiger partial charge in [0.25, 0.3) is 0 Å². The topological polar surface area (TPSA) is 60.1 Å². The number of rotatable bonds is 5. The predicted octanol–water partition coefficient (Wildman–Crippen LogP) is 1.89. The molecule has 0 atom stereocenters. The Morgan fingerprint density at radius 1 is 1.38 bits per heavy atom. The zero-order valence-corrected chi connectivity index (χ0v) is 14.8. The highest BCUT2D eigenvalue weighted by atomic mass is 127. The van der Waals surface area contributed by atoms with Crippen LogP contribution in [0.3, 0.4) is 0 Å². The fourth-order valence-electron chi connectivity index (χ4n) is 2.15. The molecular formula is C15H24IN3O2. The van der Waals surface area contributed by atoms with E-state index in [1.165, 1.54) is 5.56 Å².